The van der Waals surface area contributed by atoms with Crippen molar-refractivity contribution >= 4 is 11.8 Å². The molecule has 1 aliphatic rings. The van der Waals surface area contributed by atoms with Crippen LogP contribution in [0.2, 0.25) is 0 Å². The van der Waals surface area contributed by atoms with E-state index in [4.69, 9.17) is 0 Å². The van der Waals surface area contributed by atoms with Crippen LogP contribution in [-0.2, 0) is 0 Å². The van der Waals surface area contributed by atoms with Crippen molar-refractivity contribution in [3.8, 4) is 0 Å². The van der Waals surface area contributed by atoms with Crippen LogP contribution < -0.4 is 0 Å². The van der Waals surface area contributed by atoms with E-state index in [1.165, 1.54) is 12.3 Å². The van der Waals surface area contributed by atoms with E-state index in [0.29, 0.717) is 0 Å². The van der Waals surface area contributed by atoms with Gasteiger partial charge in [-0.1, -0.05) is 0 Å². The molecule has 0 radical (unpaired) electrons. The molecular formula is C5H11NS. The molecule has 0 aromatic rings. The molecule has 0 N–H and O–H groups in total. The predicted molar refractivity (Wildman–Crippen MR) is 34.8 cm³/mol. The highest BCUT2D eigenvalue weighted by Crippen LogP contribution is 2.29. The molecule has 1 rings (SSSR count). The fraction of sp³-hybridized carbons (Fsp3) is 1.00. The Hall–Kier alpha value is 0.310. The summed E-state index contributed by atoms with van der Waals surface area (Å²) in [6.07, 6.45) is 0. The highest BCUT2D eigenvalue weighted by Gasteiger charge is 2.22. The molecule has 2 heteroatoms. The van der Waals surface area contributed by atoms with Gasteiger partial charge in [-0.3, -0.25) is 0 Å². The van der Waals surface area contributed by atoms with Gasteiger partial charge in [-0.25, -0.2) is 0 Å². The van der Waals surface area contributed by atoms with Gasteiger partial charge in [-0.2, -0.15) is 11.8 Å². The summed E-state index contributed by atoms with van der Waals surface area (Å²) in [5.41, 5.74) is 0. The lowest BCUT2D eigenvalue weighted by Gasteiger charge is -2.04. The third-order valence-corrected chi connectivity index (χ3v) is 1.92. The second-order valence-electron chi connectivity index (χ2n) is 2.22. The van der Waals surface area contributed by atoms with Crippen molar-refractivity contribution in [1.29, 1.82) is 0 Å². The molecule has 0 amide bonds. The Morgan fingerprint density at radius 3 is 2.43 bits per heavy atom. The lowest BCUT2D eigenvalue weighted by Crippen LogP contribution is -2.16. The molecule has 1 fully saturated rings. The van der Waals surface area contributed by atoms with Gasteiger partial charge in [-0.05, 0) is 14.1 Å². The first kappa shape index (κ1) is 5.45. The first-order chi connectivity index (χ1) is 3.29. The van der Waals surface area contributed by atoms with Crippen molar-refractivity contribution in [2.45, 2.75) is 5.25 Å². The average molecular weight is 117 g/mol. The highest BCUT2D eigenvalue weighted by atomic mass is 32.2. The quantitative estimate of drug-likeness (QED) is 0.489. The lowest BCUT2D eigenvalue weighted by atomic mass is 10.5. The van der Waals surface area contributed by atoms with Crippen molar-refractivity contribution in [3.63, 3.8) is 0 Å². The van der Waals surface area contributed by atoms with Crippen LogP contribution in [0, 0.1) is 0 Å². The molecule has 1 heterocycles. The van der Waals surface area contributed by atoms with E-state index in [0.717, 1.165) is 5.25 Å². The zero-order valence-electron chi connectivity index (χ0n) is 4.85. The summed E-state index contributed by atoms with van der Waals surface area (Å²) in [7, 11) is 4.25. The molecule has 1 unspecified atom stereocenters. The number of hydrogen-bond acceptors (Lipinski definition) is 2. The normalized spacial score (nSPS) is 28.7. The standard InChI is InChI=1S/C5H11NS/c1-6(2)3-5-4-7-5/h5H,3-4H2,1-2H3. The number of nitrogens with zero attached hydrogens (tertiary/aromatic N) is 1. The topological polar surface area (TPSA) is 3.24 Å². The minimum absolute atomic E-state index is 0.968. The maximum absolute atomic E-state index is 2.24. The number of hydrogen-bond donors (Lipinski definition) is 0. The van der Waals surface area contributed by atoms with Crippen molar-refractivity contribution in [3.05, 3.63) is 0 Å². The first-order valence-corrected chi connectivity index (χ1v) is 3.60. The highest BCUT2D eigenvalue weighted by molar-refractivity contribution is 8.06. The first-order valence-electron chi connectivity index (χ1n) is 2.55. The maximum atomic E-state index is 2.24. The molecule has 7 heavy (non-hydrogen) atoms. The van der Waals surface area contributed by atoms with Gasteiger partial charge in [0.1, 0.15) is 0 Å². The van der Waals surface area contributed by atoms with E-state index in [2.05, 4.69) is 30.8 Å². The molecule has 0 spiro atoms. The van der Waals surface area contributed by atoms with E-state index in [9.17, 15) is 0 Å². The molecule has 0 aliphatic carbocycles. The van der Waals surface area contributed by atoms with Gasteiger partial charge in [0.2, 0.25) is 0 Å². The zero-order valence-corrected chi connectivity index (χ0v) is 5.66. The Balaban J connectivity index is 1.97. The van der Waals surface area contributed by atoms with Gasteiger partial charge in [-0.15, -0.1) is 0 Å². The monoisotopic (exact) mass is 117 g/mol. The Morgan fingerprint density at radius 1 is 1.71 bits per heavy atom. The largest absolute Gasteiger partial charge is 0.308 e. The summed E-state index contributed by atoms with van der Waals surface area (Å²) in [6.45, 7) is 1.27. The van der Waals surface area contributed by atoms with Crippen molar-refractivity contribution in [2.24, 2.45) is 0 Å². The van der Waals surface area contributed by atoms with E-state index in [1.54, 1.807) is 0 Å². The summed E-state index contributed by atoms with van der Waals surface area (Å²) in [4.78, 5) is 2.24. The molecular weight excluding hydrogens is 106 g/mol. The van der Waals surface area contributed by atoms with Crippen LogP contribution in [0.3, 0.4) is 0 Å². The Labute approximate surface area is 49.1 Å². The van der Waals surface area contributed by atoms with Gasteiger partial charge < -0.3 is 4.90 Å². The molecule has 0 saturated carbocycles. The lowest BCUT2D eigenvalue weighted by molar-refractivity contribution is 0.422. The summed E-state index contributed by atoms with van der Waals surface area (Å²) < 4.78 is 0. The summed E-state index contributed by atoms with van der Waals surface area (Å²) in [6, 6.07) is 0. The van der Waals surface area contributed by atoms with E-state index >= 15 is 0 Å². The molecule has 0 aromatic heterocycles. The predicted octanol–water partition coefficient (Wildman–Crippen LogP) is 0.663. The van der Waals surface area contributed by atoms with Crippen molar-refractivity contribution in [2.75, 3.05) is 26.4 Å². The summed E-state index contributed by atoms with van der Waals surface area (Å²) in [5, 5.41) is 0.968. The van der Waals surface area contributed by atoms with Crippen LogP contribution in [0.1, 0.15) is 0 Å². The summed E-state index contributed by atoms with van der Waals surface area (Å²) in [5.74, 6) is 1.39. The Bertz CT molecular complexity index is 59.1. The second-order valence-corrected chi connectivity index (χ2v) is 3.55. The minimum Gasteiger partial charge on any atom is -0.308 e. The van der Waals surface area contributed by atoms with Crippen LogP contribution in [-0.4, -0.2) is 36.5 Å². The molecule has 1 saturated heterocycles. The third kappa shape index (κ3) is 2.19. The maximum Gasteiger partial charge on any atom is 0.0265 e. The van der Waals surface area contributed by atoms with Gasteiger partial charge in [0.05, 0.1) is 0 Å². The van der Waals surface area contributed by atoms with Crippen LogP contribution in [0.4, 0.5) is 0 Å². The fourth-order valence-electron chi connectivity index (χ4n) is 0.581. The average Bonchev–Trinajstić information content (AvgIpc) is 2.17. The van der Waals surface area contributed by atoms with E-state index in [1.807, 2.05) is 0 Å². The fourth-order valence-corrected chi connectivity index (χ4v) is 1.23. The zero-order chi connectivity index (χ0) is 5.28. The van der Waals surface area contributed by atoms with Crippen LogP contribution >= 0.6 is 11.8 Å². The Kier molecular flexibility index (Phi) is 1.60. The molecule has 1 nitrogen and oxygen atoms in total. The van der Waals surface area contributed by atoms with Crippen LogP contribution in [0.15, 0.2) is 0 Å². The number of thioether (sulfide) groups is 1. The Morgan fingerprint density at radius 2 is 2.29 bits per heavy atom. The molecule has 1 aliphatic heterocycles. The van der Waals surface area contributed by atoms with Crippen LogP contribution in [0.5, 0.6) is 0 Å². The molecule has 0 aromatic carbocycles. The molecule has 42 valence electrons. The minimum atomic E-state index is 0.968. The van der Waals surface area contributed by atoms with Crippen LogP contribution in [0.25, 0.3) is 0 Å². The van der Waals surface area contributed by atoms with E-state index < -0.39 is 0 Å². The van der Waals surface area contributed by atoms with Gasteiger partial charge in [0.15, 0.2) is 0 Å². The molecule has 0 bridgehead atoms. The van der Waals surface area contributed by atoms with Crippen molar-refractivity contribution in [1.82, 2.24) is 4.90 Å². The smallest absolute Gasteiger partial charge is 0.0265 e. The SMILES string of the molecule is CN(C)CC1CS1. The molecule has 1 atom stereocenters. The second kappa shape index (κ2) is 2.05. The summed E-state index contributed by atoms with van der Waals surface area (Å²) >= 11 is 2.05. The van der Waals surface area contributed by atoms with Gasteiger partial charge in [0.25, 0.3) is 0 Å². The number of rotatable bonds is 2. The van der Waals surface area contributed by atoms with Gasteiger partial charge in [0, 0.05) is 17.5 Å². The van der Waals surface area contributed by atoms with Gasteiger partial charge >= 0.3 is 0 Å². The third-order valence-electron chi connectivity index (χ3n) is 0.971. The van der Waals surface area contributed by atoms with E-state index in [-0.39, 0.29) is 0 Å². The van der Waals surface area contributed by atoms with Crippen molar-refractivity contribution < 1.29 is 0 Å².